The minimum Gasteiger partial charge on any atom is -0.222 e. The number of fused-ring (bicyclic) bond motifs is 1. The van der Waals surface area contributed by atoms with Crippen molar-refractivity contribution in [2.45, 2.75) is 24.1 Å². The summed E-state index contributed by atoms with van der Waals surface area (Å²) in [4.78, 5) is 0. The van der Waals surface area contributed by atoms with Gasteiger partial charge in [0.1, 0.15) is 0 Å². The molecule has 0 saturated heterocycles. The van der Waals surface area contributed by atoms with Gasteiger partial charge in [0.25, 0.3) is 0 Å². The maximum absolute atomic E-state index is 12.3. The van der Waals surface area contributed by atoms with Gasteiger partial charge in [-0.1, -0.05) is 24.3 Å². The van der Waals surface area contributed by atoms with Gasteiger partial charge in [-0.2, -0.15) is 5.10 Å². The fourth-order valence-corrected chi connectivity index (χ4v) is 3.38. The number of rotatable bonds is 3. The first kappa shape index (κ1) is 13.2. The molecule has 2 aromatic rings. The van der Waals surface area contributed by atoms with Crippen LogP contribution in [-0.4, -0.2) is 29.7 Å². The van der Waals surface area contributed by atoms with Crippen molar-refractivity contribution in [1.82, 2.24) is 10.2 Å². The molecule has 18 heavy (non-hydrogen) atoms. The van der Waals surface area contributed by atoms with Crippen LogP contribution in [-0.2, 0) is 9.84 Å². The van der Waals surface area contributed by atoms with Crippen molar-refractivity contribution in [1.29, 1.82) is 0 Å². The van der Waals surface area contributed by atoms with Crippen molar-refractivity contribution >= 4 is 32.2 Å². The van der Waals surface area contributed by atoms with Crippen LogP contribution < -0.4 is 0 Å². The fraction of sp³-hybridized carbons (Fsp3) is 0.333. The molecule has 1 heterocycles. The Morgan fingerprint density at radius 3 is 2.44 bits per heavy atom. The van der Waals surface area contributed by atoms with Crippen LogP contribution in [0, 0.1) is 6.92 Å². The van der Waals surface area contributed by atoms with Gasteiger partial charge in [-0.25, -0.2) is 8.42 Å². The van der Waals surface area contributed by atoms with Crippen molar-refractivity contribution in [2.75, 3.05) is 5.88 Å². The molecule has 4 nitrogen and oxygen atoms in total. The number of hydrogen-bond donors (Lipinski definition) is 0. The number of nitrogens with zero attached hydrogens (tertiary/aromatic N) is 2. The number of benzene rings is 1. The van der Waals surface area contributed by atoms with E-state index >= 15 is 0 Å². The molecule has 1 unspecified atom stereocenters. The zero-order valence-electron chi connectivity index (χ0n) is 10.1. The van der Waals surface area contributed by atoms with Gasteiger partial charge in [-0.3, -0.25) is 0 Å². The van der Waals surface area contributed by atoms with Crippen LogP contribution >= 0.6 is 11.6 Å². The smallest absolute Gasteiger partial charge is 0.201 e. The van der Waals surface area contributed by atoms with Crippen LogP contribution in [0.2, 0.25) is 0 Å². The molecule has 1 aromatic carbocycles. The number of aryl methyl sites for hydroxylation is 1. The summed E-state index contributed by atoms with van der Waals surface area (Å²) in [6, 6.07) is 7.21. The molecule has 96 valence electrons. The SMILES string of the molecule is Cc1nnc(S(=O)(=O)C(C)CCl)c2ccccc12. The van der Waals surface area contributed by atoms with Crippen LogP contribution in [0.5, 0.6) is 0 Å². The van der Waals surface area contributed by atoms with Gasteiger partial charge >= 0.3 is 0 Å². The summed E-state index contributed by atoms with van der Waals surface area (Å²) in [5, 5.41) is 8.50. The van der Waals surface area contributed by atoms with Crippen molar-refractivity contribution in [3.8, 4) is 0 Å². The van der Waals surface area contributed by atoms with E-state index < -0.39 is 15.1 Å². The zero-order valence-corrected chi connectivity index (χ0v) is 11.7. The predicted molar refractivity (Wildman–Crippen MR) is 71.6 cm³/mol. The minimum absolute atomic E-state index is 0.0110. The number of hydrogen-bond acceptors (Lipinski definition) is 4. The molecule has 0 aliphatic carbocycles. The Hall–Kier alpha value is -1.20. The van der Waals surface area contributed by atoms with E-state index in [2.05, 4.69) is 10.2 Å². The Bertz CT molecular complexity index is 686. The summed E-state index contributed by atoms with van der Waals surface area (Å²) in [6.07, 6.45) is 0. The Labute approximate surface area is 111 Å². The molecule has 0 fully saturated rings. The van der Waals surface area contributed by atoms with Crippen molar-refractivity contribution < 1.29 is 8.42 Å². The average molecular weight is 285 g/mol. The van der Waals surface area contributed by atoms with E-state index in [-0.39, 0.29) is 10.9 Å². The summed E-state index contributed by atoms with van der Waals surface area (Å²) >= 11 is 5.64. The lowest BCUT2D eigenvalue weighted by molar-refractivity contribution is 0.583. The number of alkyl halides is 1. The Morgan fingerprint density at radius 2 is 1.83 bits per heavy atom. The third-order valence-corrected chi connectivity index (χ3v) is 5.57. The molecule has 0 spiro atoms. The lowest BCUT2D eigenvalue weighted by Crippen LogP contribution is -2.21. The Balaban J connectivity index is 2.78. The van der Waals surface area contributed by atoms with Gasteiger partial charge in [0.05, 0.1) is 10.9 Å². The van der Waals surface area contributed by atoms with E-state index in [1.54, 1.807) is 26.0 Å². The summed E-state index contributed by atoms with van der Waals surface area (Å²) in [7, 11) is -3.54. The molecule has 1 aromatic heterocycles. The second-order valence-electron chi connectivity index (χ2n) is 4.15. The molecule has 0 amide bonds. The molecule has 0 saturated carbocycles. The van der Waals surface area contributed by atoms with E-state index in [1.165, 1.54) is 0 Å². The quantitative estimate of drug-likeness (QED) is 0.812. The molecule has 0 bridgehead atoms. The lowest BCUT2D eigenvalue weighted by Gasteiger charge is -2.11. The molecular weight excluding hydrogens is 272 g/mol. The molecule has 0 aliphatic heterocycles. The van der Waals surface area contributed by atoms with Gasteiger partial charge in [-0.15, -0.1) is 16.7 Å². The van der Waals surface area contributed by atoms with Crippen molar-refractivity contribution in [3.05, 3.63) is 30.0 Å². The molecule has 2 rings (SSSR count). The second kappa shape index (κ2) is 4.82. The molecule has 0 aliphatic rings. The van der Waals surface area contributed by atoms with Gasteiger partial charge in [0.15, 0.2) is 5.03 Å². The number of halogens is 1. The fourth-order valence-electron chi connectivity index (χ4n) is 1.70. The van der Waals surface area contributed by atoms with Crippen molar-refractivity contribution in [2.24, 2.45) is 0 Å². The van der Waals surface area contributed by atoms with Crippen LogP contribution in [0.3, 0.4) is 0 Å². The van der Waals surface area contributed by atoms with Gasteiger partial charge in [0.2, 0.25) is 9.84 Å². The summed E-state index contributed by atoms with van der Waals surface area (Å²) < 4.78 is 24.6. The first-order valence-electron chi connectivity index (χ1n) is 5.50. The highest BCUT2D eigenvalue weighted by Gasteiger charge is 2.27. The highest BCUT2D eigenvalue weighted by Crippen LogP contribution is 2.25. The van der Waals surface area contributed by atoms with Crippen molar-refractivity contribution in [3.63, 3.8) is 0 Å². The van der Waals surface area contributed by atoms with E-state index in [1.807, 2.05) is 12.1 Å². The average Bonchev–Trinajstić information content (AvgIpc) is 2.38. The van der Waals surface area contributed by atoms with Crippen LogP contribution in [0.1, 0.15) is 12.6 Å². The second-order valence-corrected chi connectivity index (χ2v) is 6.74. The minimum atomic E-state index is -3.54. The normalized spacial score (nSPS) is 13.7. The summed E-state index contributed by atoms with van der Waals surface area (Å²) in [5.74, 6) is 0.0339. The number of sulfone groups is 1. The monoisotopic (exact) mass is 284 g/mol. The summed E-state index contributed by atoms with van der Waals surface area (Å²) in [5.41, 5.74) is 0.711. The first-order chi connectivity index (χ1) is 8.48. The molecule has 1 atom stereocenters. The van der Waals surface area contributed by atoms with E-state index in [0.29, 0.717) is 11.1 Å². The first-order valence-corrected chi connectivity index (χ1v) is 7.58. The van der Waals surface area contributed by atoms with Crippen LogP contribution in [0.4, 0.5) is 0 Å². The Kier molecular flexibility index (Phi) is 3.54. The van der Waals surface area contributed by atoms with Gasteiger partial charge in [-0.05, 0) is 13.8 Å². The third kappa shape index (κ3) is 2.08. The predicted octanol–water partition coefficient (Wildman–Crippen LogP) is 2.34. The molecule has 0 radical (unpaired) electrons. The van der Waals surface area contributed by atoms with Gasteiger partial charge in [0, 0.05) is 16.7 Å². The highest BCUT2D eigenvalue weighted by molar-refractivity contribution is 7.92. The topological polar surface area (TPSA) is 59.9 Å². The standard InChI is InChI=1S/C12H13ClN2O2S/c1-8(7-13)18(16,17)12-11-6-4-3-5-10(11)9(2)14-15-12/h3-6,8H,7H2,1-2H3. The highest BCUT2D eigenvalue weighted by atomic mass is 35.5. The van der Waals surface area contributed by atoms with Crippen LogP contribution in [0.25, 0.3) is 10.8 Å². The lowest BCUT2D eigenvalue weighted by atomic mass is 10.1. The Morgan fingerprint density at radius 1 is 1.22 bits per heavy atom. The molecule has 6 heteroatoms. The van der Waals surface area contributed by atoms with E-state index in [9.17, 15) is 8.42 Å². The zero-order chi connectivity index (χ0) is 13.3. The summed E-state index contributed by atoms with van der Waals surface area (Å²) in [6.45, 7) is 3.37. The van der Waals surface area contributed by atoms with Gasteiger partial charge < -0.3 is 0 Å². The third-order valence-electron chi connectivity index (χ3n) is 2.85. The number of aromatic nitrogens is 2. The molecular formula is C12H13ClN2O2S. The largest absolute Gasteiger partial charge is 0.222 e. The maximum atomic E-state index is 12.3. The maximum Gasteiger partial charge on any atom is 0.201 e. The van der Waals surface area contributed by atoms with E-state index in [4.69, 9.17) is 11.6 Å². The molecule has 0 N–H and O–H groups in total. The van der Waals surface area contributed by atoms with E-state index in [0.717, 1.165) is 5.39 Å². The van der Waals surface area contributed by atoms with Crippen LogP contribution in [0.15, 0.2) is 29.3 Å².